The fourth-order valence-corrected chi connectivity index (χ4v) is 3.28. The third kappa shape index (κ3) is 6.46. The first kappa shape index (κ1) is 21.1. The van der Waals surface area contributed by atoms with E-state index in [-0.39, 0.29) is 16.8 Å². The minimum atomic E-state index is -4.37. The summed E-state index contributed by atoms with van der Waals surface area (Å²) in [4.78, 5) is 14.3. The van der Waals surface area contributed by atoms with E-state index in [1.165, 1.54) is 0 Å². The quantitative estimate of drug-likeness (QED) is 0.682. The smallest absolute Gasteiger partial charge is 0.369 e. The van der Waals surface area contributed by atoms with Gasteiger partial charge in [-0.15, -0.1) is 10.2 Å². The predicted molar refractivity (Wildman–Crippen MR) is 100 cm³/mol. The molecule has 0 fully saturated rings. The summed E-state index contributed by atoms with van der Waals surface area (Å²) in [5.74, 6) is -0.392. The average Bonchev–Trinajstić information content (AvgIpc) is 3.00. The summed E-state index contributed by atoms with van der Waals surface area (Å²) in [6.07, 6.45) is -3.37. The van der Waals surface area contributed by atoms with E-state index < -0.39 is 12.7 Å². The van der Waals surface area contributed by atoms with Gasteiger partial charge in [0.2, 0.25) is 5.91 Å². The summed E-state index contributed by atoms with van der Waals surface area (Å²) in [5.41, 5.74) is 1.68. The van der Waals surface area contributed by atoms with E-state index in [1.54, 1.807) is 12.1 Å². The Kier molecular flexibility index (Phi) is 7.11. The van der Waals surface area contributed by atoms with E-state index in [0.29, 0.717) is 11.7 Å². The van der Waals surface area contributed by atoms with E-state index >= 15 is 0 Å². The standard InChI is InChI=1S/C17H22F3N5OS/c1-4-25(12(2)3)14-7-5-13(6-8-14)22-15(26)9-27-16-23-21-11-24(16)10-17(18,19)20/h5-8,11-12H,4,9-10H2,1-3H3,(H,22,26). The molecular formula is C17H22F3N5OS. The third-order valence-electron chi connectivity index (χ3n) is 3.71. The number of aromatic nitrogens is 3. The Morgan fingerprint density at radius 1 is 1.30 bits per heavy atom. The molecule has 6 nitrogen and oxygen atoms in total. The lowest BCUT2D eigenvalue weighted by Gasteiger charge is -2.27. The summed E-state index contributed by atoms with van der Waals surface area (Å²) in [5, 5.41) is 9.88. The van der Waals surface area contributed by atoms with Gasteiger partial charge >= 0.3 is 6.18 Å². The van der Waals surface area contributed by atoms with Crippen molar-refractivity contribution in [2.24, 2.45) is 0 Å². The van der Waals surface area contributed by atoms with Crippen molar-refractivity contribution < 1.29 is 18.0 Å². The van der Waals surface area contributed by atoms with Gasteiger partial charge in [-0.25, -0.2) is 0 Å². The number of alkyl halides is 3. The van der Waals surface area contributed by atoms with Crippen LogP contribution in [0.25, 0.3) is 0 Å². The van der Waals surface area contributed by atoms with E-state index in [1.807, 2.05) is 12.1 Å². The topological polar surface area (TPSA) is 63.1 Å². The highest BCUT2D eigenvalue weighted by Crippen LogP contribution is 2.23. The Balaban J connectivity index is 1.90. The van der Waals surface area contributed by atoms with Gasteiger partial charge in [0.1, 0.15) is 12.9 Å². The summed E-state index contributed by atoms with van der Waals surface area (Å²) >= 11 is 0.906. The molecule has 10 heteroatoms. The van der Waals surface area contributed by atoms with E-state index in [0.717, 1.165) is 34.9 Å². The van der Waals surface area contributed by atoms with Crippen LogP contribution in [0.4, 0.5) is 24.5 Å². The van der Waals surface area contributed by atoms with Gasteiger partial charge < -0.3 is 10.2 Å². The number of nitrogens with one attached hydrogen (secondary N) is 1. The van der Waals surface area contributed by atoms with Crippen molar-refractivity contribution in [1.29, 1.82) is 0 Å². The zero-order valence-electron chi connectivity index (χ0n) is 15.3. The predicted octanol–water partition coefficient (Wildman–Crippen LogP) is 3.81. The Hall–Kier alpha value is -2.23. The molecule has 0 saturated carbocycles. The van der Waals surface area contributed by atoms with Gasteiger partial charge in [-0.2, -0.15) is 13.2 Å². The molecule has 2 aromatic rings. The molecule has 2 rings (SSSR count). The van der Waals surface area contributed by atoms with Crippen LogP contribution in [0.3, 0.4) is 0 Å². The van der Waals surface area contributed by atoms with Gasteiger partial charge in [-0.3, -0.25) is 9.36 Å². The van der Waals surface area contributed by atoms with Crippen LogP contribution in [0.5, 0.6) is 0 Å². The highest BCUT2D eigenvalue weighted by Gasteiger charge is 2.29. The Labute approximate surface area is 160 Å². The van der Waals surface area contributed by atoms with Crippen LogP contribution in [0, 0.1) is 0 Å². The lowest BCUT2D eigenvalue weighted by atomic mass is 10.2. The fraction of sp³-hybridized carbons (Fsp3) is 0.471. The number of rotatable bonds is 8. The second kappa shape index (κ2) is 9.12. The van der Waals surface area contributed by atoms with Crippen molar-refractivity contribution in [2.45, 2.75) is 44.7 Å². The number of benzene rings is 1. The van der Waals surface area contributed by atoms with Gasteiger partial charge in [0.05, 0.1) is 5.75 Å². The number of amides is 1. The van der Waals surface area contributed by atoms with Crippen molar-refractivity contribution in [2.75, 3.05) is 22.5 Å². The minimum absolute atomic E-state index is 0.0494. The molecule has 148 valence electrons. The molecule has 0 saturated heterocycles. The number of carbonyl (C=O) groups is 1. The Morgan fingerprint density at radius 2 is 1.96 bits per heavy atom. The summed E-state index contributed by atoms with van der Waals surface area (Å²) in [6, 6.07) is 7.81. The number of halogens is 3. The minimum Gasteiger partial charge on any atom is -0.369 e. The number of nitrogens with zero attached hydrogens (tertiary/aromatic N) is 4. The number of anilines is 2. The van der Waals surface area contributed by atoms with Crippen LogP contribution in [0.2, 0.25) is 0 Å². The SMILES string of the molecule is CCN(c1ccc(NC(=O)CSc2nncn2CC(F)(F)F)cc1)C(C)C. The lowest BCUT2D eigenvalue weighted by molar-refractivity contribution is -0.142. The van der Waals surface area contributed by atoms with Gasteiger partial charge in [0, 0.05) is 24.0 Å². The van der Waals surface area contributed by atoms with Gasteiger partial charge in [0.25, 0.3) is 0 Å². The maximum absolute atomic E-state index is 12.5. The molecule has 0 unspecified atom stereocenters. The molecule has 1 N–H and O–H groups in total. The van der Waals surface area contributed by atoms with Crippen LogP contribution in [-0.2, 0) is 11.3 Å². The molecular weight excluding hydrogens is 379 g/mol. The van der Waals surface area contributed by atoms with Crippen molar-refractivity contribution in [1.82, 2.24) is 14.8 Å². The average molecular weight is 401 g/mol. The maximum atomic E-state index is 12.5. The molecule has 27 heavy (non-hydrogen) atoms. The van der Waals surface area contributed by atoms with E-state index in [9.17, 15) is 18.0 Å². The number of hydrogen-bond donors (Lipinski definition) is 1. The van der Waals surface area contributed by atoms with E-state index in [2.05, 4.69) is 41.2 Å². The second-order valence-corrected chi connectivity index (χ2v) is 7.06. The van der Waals surface area contributed by atoms with Crippen LogP contribution >= 0.6 is 11.8 Å². The van der Waals surface area contributed by atoms with Crippen LogP contribution < -0.4 is 10.2 Å². The third-order valence-corrected chi connectivity index (χ3v) is 4.69. The fourth-order valence-electron chi connectivity index (χ4n) is 2.57. The second-order valence-electron chi connectivity index (χ2n) is 6.12. The molecule has 0 aliphatic heterocycles. The molecule has 0 atom stereocenters. The highest BCUT2D eigenvalue weighted by atomic mass is 32.2. The molecule has 1 heterocycles. The van der Waals surface area contributed by atoms with Gasteiger partial charge in [-0.05, 0) is 45.0 Å². The maximum Gasteiger partial charge on any atom is 0.406 e. The summed E-state index contributed by atoms with van der Waals surface area (Å²) in [7, 11) is 0. The van der Waals surface area contributed by atoms with Crippen LogP contribution in [-0.4, -0.2) is 45.2 Å². The Bertz CT molecular complexity index is 746. The first-order chi connectivity index (χ1) is 12.7. The first-order valence-corrected chi connectivity index (χ1v) is 9.42. The van der Waals surface area contributed by atoms with Crippen LogP contribution in [0.15, 0.2) is 35.7 Å². The molecule has 1 aromatic carbocycles. The van der Waals surface area contributed by atoms with Crippen molar-refractivity contribution in [3.63, 3.8) is 0 Å². The lowest BCUT2D eigenvalue weighted by Crippen LogP contribution is -2.30. The van der Waals surface area contributed by atoms with Gasteiger partial charge in [0.15, 0.2) is 5.16 Å². The molecule has 0 bridgehead atoms. The normalized spacial score (nSPS) is 11.7. The van der Waals surface area contributed by atoms with Gasteiger partial charge in [-0.1, -0.05) is 11.8 Å². The molecule has 1 aromatic heterocycles. The highest BCUT2D eigenvalue weighted by molar-refractivity contribution is 7.99. The summed E-state index contributed by atoms with van der Waals surface area (Å²) in [6.45, 7) is 5.97. The molecule has 0 spiro atoms. The molecule has 0 aliphatic rings. The van der Waals surface area contributed by atoms with E-state index in [4.69, 9.17) is 0 Å². The number of thioether (sulfide) groups is 1. The van der Waals surface area contributed by atoms with Crippen molar-refractivity contribution >= 4 is 29.0 Å². The largest absolute Gasteiger partial charge is 0.406 e. The molecule has 0 radical (unpaired) electrons. The monoisotopic (exact) mass is 401 g/mol. The first-order valence-electron chi connectivity index (χ1n) is 8.43. The Morgan fingerprint density at radius 3 is 2.52 bits per heavy atom. The molecule has 0 aliphatic carbocycles. The molecule has 1 amide bonds. The zero-order chi connectivity index (χ0) is 20.0. The summed E-state index contributed by atoms with van der Waals surface area (Å²) < 4.78 is 38.3. The van der Waals surface area contributed by atoms with Crippen molar-refractivity contribution in [3.05, 3.63) is 30.6 Å². The number of hydrogen-bond acceptors (Lipinski definition) is 5. The zero-order valence-corrected chi connectivity index (χ0v) is 16.1. The number of carbonyl (C=O) groups excluding carboxylic acids is 1. The van der Waals surface area contributed by atoms with Crippen LogP contribution in [0.1, 0.15) is 20.8 Å². The van der Waals surface area contributed by atoms with Crippen molar-refractivity contribution in [3.8, 4) is 0 Å².